The van der Waals surface area contributed by atoms with Crippen molar-refractivity contribution in [1.29, 1.82) is 0 Å². The fraction of sp³-hybridized carbons (Fsp3) is 1.00. The summed E-state index contributed by atoms with van der Waals surface area (Å²) >= 11 is 0. The van der Waals surface area contributed by atoms with Crippen LogP contribution in [0.15, 0.2) is 0 Å². The topological polar surface area (TPSA) is 0 Å². The molecule has 0 bridgehead atoms. The maximum atomic E-state index is 2.39. The van der Waals surface area contributed by atoms with E-state index in [1.54, 1.807) is 0 Å². The normalized spacial score (nSPS) is 36.2. The zero-order valence-electron chi connectivity index (χ0n) is 8.54. The van der Waals surface area contributed by atoms with Gasteiger partial charge in [0.05, 0.1) is 0 Å². The SMILES string of the molecule is CCCC1C(C)SSC1C(C)C. The summed E-state index contributed by atoms with van der Waals surface area (Å²) in [5.74, 6) is 1.81. The molecule has 1 rings (SSSR count). The van der Waals surface area contributed by atoms with Gasteiger partial charge in [0.15, 0.2) is 0 Å². The Morgan fingerprint density at radius 1 is 1.25 bits per heavy atom. The molecule has 0 amide bonds. The van der Waals surface area contributed by atoms with Gasteiger partial charge in [0.25, 0.3) is 0 Å². The highest BCUT2D eigenvalue weighted by molar-refractivity contribution is 8.77. The molecule has 2 heteroatoms. The summed E-state index contributed by atoms with van der Waals surface area (Å²) in [6.45, 7) is 9.41. The lowest BCUT2D eigenvalue weighted by Gasteiger charge is -2.22. The molecule has 1 aliphatic rings. The lowest BCUT2D eigenvalue weighted by Crippen LogP contribution is -2.23. The van der Waals surface area contributed by atoms with Gasteiger partial charge < -0.3 is 0 Å². The smallest absolute Gasteiger partial charge is 0.0213 e. The minimum absolute atomic E-state index is 0.851. The predicted molar refractivity (Wildman–Crippen MR) is 61.7 cm³/mol. The molecule has 3 unspecified atom stereocenters. The molecule has 3 atom stereocenters. The van der Waals surface area contributed by atoms with Crippen LogP contribution < -0.4 is 0 Å². The predicted octanol–water partition coefficient (Wildman–Crippen LogP) is 4.21. The van der Waals surface area contributed by atoms with Gasteiger partial charge in [-0.15, -0.1) is 0 Å². The van der Waals surface area contributed by atoms with Crippen molar-refractivity contribution < 1.29 is 0 Å². The third-order valence-corrected chi connectivity index (χ3v) is 6.41. The van der Waals surface area contributed by atoms with Crippen LogP contribution >= 0.6 is 21.6 Å². The maximum Gasteiger partial charge on any atom is 0.0213 e. The lowest BCUT2D eigenvalue weighted by molar-refractivity contribution is 0.403. The number of hydrogen-bond donors (Lipinski definition) is 0. The van der Waals surface area contributed by atoms with Gasteiger partial charge in [-0.3, -0.25) is 0 Å². The molecule has 0 aromatic carbocycles. The molecule has 0 aromatic heterocycles. The Morgan fingerprint density at radius 3 is 2.42 bits per heavy atom. The minimum atomic E-state index is 0.851. The van der Waals surface area contributed by atoms with Crippen molar-refractivity contribution in [2.75, 3.05) is 0 Å². The molecule has 0 saturated carbocycles. The Bertz CT molecular complexity index is 134. The van der Waals surface area contributed by atoms with E-state index in [9.17, 15) is 0 Å². The van der Waals surface area contributed by atoms with Gasteiger partial charge in [0, 0.05) is 10.5 Å². The molecule has 0 nitrogen and oxygen atoms in total. The van der Waals surface area contributed by atoms with Gasteiger partial charge in [-0.25, -0.2) is 0 Å². The van der Waals surface area contributed by atoms with Crippen molar-refractivity contribution in [2.24, 2.45) is 11.8 Å². The van der Waals surface area contributed by atoms with Gasteiger partial charge in [-0.05, 0) is 18.3 Å². The summed E-state index contributed by atoms with van der Waals surface area (Å²) in [5.41, 5.74) is 0. The van der Waals surface area contributed by atoms with Gasteiger partial charge >= 0.3 is 0 Å². The third-order valence-electron chi connectivity index (χ3n) is 2.62. The Hall–Kier alpha value is 0.700. The van der Waals surface area contributed by atoms with Crippen LogP contribution in [-0.2, 0) is 0 Å². The highest BCUT2D eigenvalue weighted by atomic mass is 33.1. The molecule has 0 aliphatic carbocycles. The van der Waals surface area contributed by atoms with Gasteiger partial charge in [-0.1, -0.05) is 55.7 Å². The van der Waals surface area contributed by atoms with Crippen LogP contribution in [0.1, 0.15) is 40.5 Å². The van der Waals surface area contributed by atoms with Crippen LogP contribution in [0.5, 0.6) is 0 Å². The molecule has 0 N–H and O–H groups in total. The van der Waals surface area contributed by atoms with Gasteiger partial charge in [0.2, 0.25) is 0 Å². The molecule has 0 radical (unpaired) electrons. The number of rotatable bonds is 3. The summed E-state index contributed by atoms with van der Waals surface area (Å²) in [4.78, 5) is 0. The van der Waals surface area contributed by atoms with E-state index < -0.39 is 0 Å². The molecule has 72 valence electrons. The minimum Gasteiger partial charge on any atom is -0.0904 e. The first kappa shape index (κ1) is 10.8. The van der Waals surface area contributed by atoms with Crippen molar-refractivity contribution in [3.8, 4) is 0 Å². The Kier molecular flexibility index (Phi) is 4.31. The summed E-state index contributed by atoms with van der Waals surface area (Å²) in [5, 5.41) is 1.78. The van der Waals surface area contributed by atoms with Crippen LogP contribution in [0.3, 0.4) is 0 Å². The second kappa shape index (κ2) is 4.80. The summed E-state index contributed by atoms with van der Waals surface area (Å²) < 4.78 is 0. The van der Waals surface area contributed by atoms with E-state index in [1.165, 1.54) is 12.8 Å². The van der Waals surface area contributed by atoms with Gasteiger partial charge in [-0.2, -0.15) is 0 Å². The summed E-state index contributed by atoms with van der Waals surface area (Å²) in [6.07, 6.45) is 2.77. The van der Waals surface area contributed by atoms with Crippen molar-refractivity contribution >= 4 is 21.6 Å². The van der Waals surface area contributed by atoms with E-state index in [4.69, 9.17) is 0 Å². The first-order valence-electron chi connectivity index (χ1n) is 4.99. The van der Waals surface area contributed by atoms with Crippen molar-refractivity contribution in [1.82, 2.24) is 0 Å². The van der Waals surface area contributed by atoms with E-state index in [-0.39, 0.29) is 0 Å². The molecule has 1 heterocycles. The second-order valence-corrected chi connectivity index (χ2v) is 6.89. The van der Waals surface area contributed by atoms with Crippen LogP contribution in [0.25, 0.3) is 0 Å². The number of hydrogen-bond acceptors (Lipinski definition) is 2. The lowest BCUT2D eigenvalue weighted by atomic mass is 9.90. The van der Waals surface area contributed by atoms with Crippen LogP contribution in [0.2, 0.25) is 0 Å². The molecule has 1 fully saturated rings. The first-order chi connectivity index (χ1) is 5.66. The third kappa shape index (κ3) is 2.35. The van der Waals surface area contributed by atoms with Crippen molar-refractivity contribution in [3.63, 3.8) is 0 Å². The van der Waals surface area contributed by atoms with Crippen molar-refractivity contribution in [3.05, 3.63) is 0 Å². The zero-order chi connectivity index (χ0) is 9.14. The van der Waals surface area contributed by atoms with E-state index in [2.05, 4.69) is 49.3 Å². The molecule has 12 heavy (non-hydrogen) atoms. The highest BCUT2D eigenvalue weighted by Gasteiger charge is 2.35. The van der Waals surface area contributed by atoms with E-state index in [0.29, 0.717) is 0 Å². The highest BCUT2D eigenvalue weighted by Crippen LogP contribution is 2.51. The van der Waals surface area contributed by atoms with Crippen LogP contribution in [-0.4, -0.2) is 10.5 Å². The quantitative estimate of drug-likeness (QED) is 0.632. The first-order valence-corrected chi connectivity index (χ1v) is 7.26. The maximum absolute atomic E-state index is 2.39. The average Bonchev–Trinajstić information content (AvgIpc) is 2.34. The summed E-state index contributed by atoms with van der Waals surface area (Å²) in [6, 6.07) is 0. The Morgan fingerprint density at radius 2 is 1.92 bits per heavy atom. The fourth-order valence-electron chi connectivity index (χ4n) is 1.90. The van der Waals surface area contributed by atoms with Crippen LogP contribution in [0, 0.1) is 11.8 Å². The molecule has 1 saturated heterocycles. The van der Waals surface area contributed by atoms with Crippen molar-refractivity contribution in [2.45, 2.75) is 51.0 Å². The van der Waals surface area contributed by atoms with E-state index in [0.717, 1.165) is 22.3 Å². The molecule has 1 aliphatic heterocycles. The van der Waals surface area contributed by atoms with Crippen LogP contribution in [0.4, 0.5) is 0 Å². The standard InChI is InChI=1S/C10H20S2/c1-5-6-9-8(4)11-12-10(9)7(2)3/h7-10H,5-6H2,1-4H3. The average molecular weight is 204 g/mol. The van der Waals surface area contributed by atoms with E-state index in [1.807, 2.05) is 0 Å². The van der Waals surface area contributed by atoms with Gasteiger partial charge in [0.1, 0.15) is 0 Å². The Balaban J connectivity index is 2.51. The molecule has 0 aromatic rings. The molecular weight excluding hydrogens is 184 g/mol. The second-order valence-electron chi connectivity index (χ2n) is 4.06. The largest absolute Gasteiger partial charge is 0.0904 e. The zero-order valence-corrected chi connectivity index (χ0v) is 10.2. The Labute approximate surface area is 84.7 Å². The molecule has 0 spiro atoms. The monoisotopic (exact) mass is 204 g/mol. The summed E-state index contributed by atoms with van der Waals surface area (Å²) in [7, 11) is 4.22. The fourth-order valence-corrected chi connectivity index (χ4v) is 5.92. The van der Waals surface area contributed by atoms with E-state index >= 15 is 0 Å². The molecular formula is C10H20S2.